The van der Waals surface area contributed by atoms with Crippen molar-refractivity contribution in [2.24, 2.45) is 5.92 Å². The van der Waals surface area contributed by atoms with E-state index in [2.05, 4.69) is 15.0 Å². The number of urea groups is 1. The Balaban J connectivity index is 1.43. The molecular weight excluding hydrogens is 408 g/mol. The lowest BCUT2D eigenvalue weighted by molar-refractivity contribution is -0.118. The van der Waals surface area contributed by atoms with Gasteiger partial charge in [0.15, 0.2) is 0 Å². The third-order valence-corrected chi connectivity index (χ3v) is 6.70. The monoisotopic (exact) mass is 438 g/mol. The average Bonchev–Trinajstić information content (AvgIpc) is 3.48. The number of nitrogens with one attached hydrogen (secondary N) is 2. The Kier molecular flexibility index (Phi) is 7.65. The first kappa shape index (κ1) is 22.5. The van der Waals surface area contributed by atoms with E-state index in [0.29, 0.717) is 56.2 Å². The van der Waals surface area contributed by atoms with E-state index in [1.165, 1.54) is 17.7 Å². The summed E-state index contributed by atoms with van der Waals surface area (Å²) in [5.41, 5.74) is 0.652. The number of aromatic nitrogens is 1. The number of hydrogen-bond donors (Lipinski definition) is 2. The van der Waals surface area contributed by atoms with Crippen molar-refractivity contribution in [2.45, 2.75) is 51.5 Å². The van der Waals surface area contributed by atoms with Crippen LogP contribution in [0.3, 0.4) is 0 Å². The molecule has 0 aromatic carbocycles. The number of imide groups is 1. The predicted octanol–water partition coefficient (Wildman–Crippen LogP) is 1.96. The lowest BCUT2D eigenvalue weighted by Crippen LogP contribution is -2.31. The van der Waals surface area contributed by atoms with E-state index in [4.69, 9.17) is 4.74 Å². The Bertz CT molecular complexity index is 857. The largest absolute Gasteiger partial charge is 0.493 e. The van der Waals surface area contributed by atoms with Gasteiger partial charge in [-0.05, 0) is 44.1 Å². The minimum absolute atomic E-state index is 0.00645. The van der Waals surface area contributed by atoms with Crippen molar-refractivity contribution in [3.63, 3.8) is 0 Å². The van der Waals surface area contributed by atoms with Gasteiger partial charge < -0.3 is 9.64 Å². The van der Waals surface area contributed by atoms with Gasteiger partial charge >= 0.3 is 6.03 Å². The lowest BCUT2D eigenvalue weighted by atomic mass is 10.1. The molecule has 2 fully saturated rings. The maximum absolute atomic E-state index is 12.5. The van der Waals surface area contributed by atoms with E-state index >= 15 is 0 Å². The van der Waals surface area contributed by atoms with Gasteiger partial charge in [-0.2, -0.15) is 0 Å². The molecular formula is C20H30N4O5S. The molecule has 9 nitrogen and oxygen atoms in total. The van der Waals surface area contributed by atoms with E-state index < -0.39 is 16.1 Å². The van der Waals surface area contributed by atoms with Crippen molar-refractivity contribution in [1.82, 2.24) is 19.9 Å². The van der Waals surface area contributed by atoms with Gasteiger partial charge in [0.1, 0.15) is 12.3 Å². The quantitative estimate of drug-likeness (QED) is 0.359. The first-order valence-corrected chi connectivity index (χ1v) is 12.2. The SMILES string of the molecule is CC[C@@H](NS(=O)(=O)CCCCCN1CC(=O)NC1=O)c1cc(OCC2CC2)ccn1. The van der Waals surface area contributed by atoms with Gasteiger partial charge in [0, 0.05) is 18.8 Å². The van der Waals surface area contributed by atoms with Crippen LogP contribution in [0.1, 0.15) is 57.2 Å². The molecule has 0 radical (unpaired) electrons. The Morgan fingerprint density at radius 2 is 2.10 bits per heavy atom. The number of ether oxygens (including phenoxy) is 1. The smallest absolute Gasteiger partial charge is 0.324 e. The summed E-state index contributed by atoms with van der Waals surface area (Å²) in [7, 11) is -3.47. The molecule has 1 atom stereocenters. The summed E-state index contributed by atoms with van der Waals surface area (Å²) in [6, 6.07) is 2.82. The second-order valence-electron chi connectivity index (χ2n) is 7.90. The topological polar surface area (TPSA) is 118 Å². The van der Waals surface area contributed by atoms with E-state index in [1.54, 1.807) is 18.3 Å². The first-order chi connectivity index (χ1) is 14.4. The second kappa shape index (κ2) is 10.2. The highest BCUT2D eigenvalue weighted by atomic mass is 32.2. The number of hydrogen-bond acceptors (Lipinski definition) is 6. The van der Waals surface area contributed by atoms with Crippen LogP contribution in [0.5, 0.6) is 5.75 Å². The Morgan fingerprint density at radius 3 is 2.77 bits per heavy atom. The molecule has 30 heavy (non-hydrogen) atoms. The van der Waals surface area contributed by atoms with Crippen molar-refractivity contribution < 1.29 is 22.7 Å². The van der Waals surface area contributed by atoms with Crippen molar-refractivity contribution in [3.8, 4) is 5.75 Å². The molecule has 1 aromatic heterocycles. The summed E-state index contributed by atoms with van der Waals surface area (Å²) in [6.45, 7) is 3.13. The van der Waals surface area contributed by atoms with Crippen molar-refractivity contribution in [1.29, 1.82) is 0 Å². The van der Waals surface area contributed by atoms with Crippen LogP contribution in [0.4, 0.5) is 4.79 Å². The number of carbonyl (C=O) groups is 2. The minimum atomic E-state index is -3.47. The lowest BCUT2D eigenvalue weighted by Gasteiger charge is -2.18. The third kappa shape index (κ3) is 6.94. The normalized spacial score (nSPS) is 17.8. The maximum atomic E-state index is 12.5. The van der Waals surface area contributed by atoms with Gasteiger partial charge in [-0.25, -0.2) is 17.9 Å². The van der Waals surface area contributed by atoms with E-state index in [9.17, 15) is 18.0 Å². The summed E-state index contributed by atoms with van der Waals surface area (Å²) in [6.07, 6.45) is 6.42. The highest BCUT2D eigenvalue weighted by molar-refractivity contribution is 7.89. The van der Waals surface area contributed by atoms with Gasteiger partial charge in [0.25, 0.3) is 0 Å². The molecule has 0 spiro atoms. The predicted molar refractivity (Wildman–Crippen MR) is 111 cm³/mol. The molecule has 3 rings (SSSR count). The summed E-state index contributed by atoms with van der Waals surface area (Å²) < 4.78 is 33.5. The van der Waals surface area contributed by atoms with Gasteiger partial charge in [0.05, 0.1) is 24.1 Å². The molecule has 2 aliphatic rings. The molecule has 3 amide bonds. The molecule has 1 aliphatic carbocycles. The number of nitrogens with zero attached hydrogens (tertiary/aromatic N) is 2. The van der Waals surface area contributed by atoms with Crippen molar-refractivity contribution in [3.05, 3.63) is 24.0 Å². The van der Waals surface area contributed by atoms with Gasteiger partial charge in [0.2, 0.25) is 15.9 Å². The zero-order valence-corrected chi connectivity index (χ0v) is 18.1. The minimum Gasteiger partial charge on any atom is -0.493 e. The van der Waals surface area contributed by atoms with Crippen molar-refractivity contribution in [2.75, 3.05) is 25.4 Å². The van der Waals surface area contributed by atoms with Crippen LogP contribution in [0, 0.1) is 5.92 Å². The fourth-order valence-electron chi connectivity index (χ4n) is 3.27. The molecule has 0 bridgehead atoms. The maximum Gasteiger partial charge on any atom is 0.324 e. The number of amides is 3. The average molecular weight is 439 g/mol. The summed E-state index contributed by atoms with van der Waals surface area (Å²) in [5, 5.41) is 2.22. The van der Waals surface area contributed by atoms with Crippen LogP contribution < -0.4 is 14.8 Å². The first-order valence-electron chi connectivity index (χ1n) is 10.5. The number of sulfonamides is 1. The molecule has 2 heterocycles. The summed E-state index contributed by atoms with van der Waals surface area (Å²) in [5.74, 6) is 1.07. The van der Waals surface area contributed by atoms with E-state index in [-0.39, 0.29) is 24.2 Å². The molecule has 0 unspecified atom stereocenters. The zero-order chi connectivity index (χ0) is 21.6. The van der Waals surface area contributed by atoms with Crippen LogP contribution in [0.15, 0.2) is 18.3 Å². The van der Waals surface area contributed by atoms with Crippen LogP contribution in [0.2, 0.25) is 0 Å². The fraction of sp³-hybridized carbons (Fsp3) is 0.650. The van der Waals surface area contributed by atoms with Crippen LogP contribution in [-0.4, -0.2) is 55.7 Å². The van der Waals surface area contributed by atoms with Crippen LogP contribution in [0.25, 0.3) is 0 Å². The Hall–Kier alpha value is -2.20. The molecule has 1 aliphatic heterocycles. The number of rotatable bonds is 13. The van der Waals surface area contributed by atoms with Gasteiger partial charge in [-0.15, -0.1) is 0 Å². The van der Waals surface area contributed by atoms with E-state index in [0.717, 1.165) is 0 Å². The highest BCUT2D eigenvalue weighted by Crippen LogP contribution is 2.30. The van der Waals surface area contributed by atoms with Crippen molar-refractivity contribution >= 4 is 22.0 Å². The number of unbranched alkanes of at least 4 members (excludes halogenated alkanes) is 2. The summed E-state index contributed by atoms with van der Waals surface area (Å²) in [4.78, 5) is 28.4. The third-order valence-electron chi connectivity index (χ3n) is 5.23. The fourth-order valence-corrected chi connectivity index (χ4v) is 4.69. The second-order valence-corrected chi connectivity index (χ2v) is 9.78. The molecule has 1 aromatic rings. The number of pyridine rings is 1. The van der Waals surface area contributed by atoms with Crippen LogP contribution >= 0.6 is 0 Å². The summed E-state index contributed by atoms with van der Waals surface area (Å²) >= 11 is 0. The van der Waals surface area contributed by atoms with Gasteiger partial charge in [-0.1, -0.05) is 13.3 Å². The molecule has 2 N–H and O–H groups in total. The molecule has 1 saturated carbocycles. The Morgan fingerprint density at radius 1 is 1.30 bits per heavy atom. The highest BCUT2D eigenvalue weighted by Gasteiger charge is 2.26. The standard InChI is InChI=1S/C20H30N4O5S/c1-2-17(18-12-16(8-9-21-18)29-14-15-6-7-15)23-30(27,28)11-5-3-4-10-24-13-19(25)22-20(24)26/h8-9,12,15,17,23H,2-7,10-11,13-14H2,1H3,(H,22,25,26)/t17-/m1/s1. The Labute approximate surface area is 177 Å². The molecule has 166 valence electrons. The molecule has 1 saturated heterocycles. The zero-order valence-electron chi connectivity index (χ0n) is 17.3. The van der Waals surface area contributed by atoms with E-state index in [1.807, 2.05) is 6.92 Å². The number of carbonyl (C=O) groups excluding carboxylic acids is 2. The van der Waals surface area contributed by atoms with Crippen LogP contribution in [-0.2, 0) is 14.8 Å². The van der Waals surface area contributed by atoms with Gasteiger partial charge in [-0.3, -0.25) is 15.1 Å². The molecule has 10 heteroatoms.